The summed E-state index contributed by atoms with van der Waals surface area (Å²) >= 11 is 0. The molecule has 2 rings (SSSR count). The van der Waals surface area contributed by atoms with Crippen molar-refractivity contribution in [2.45, 2.75) is 19.8 Å². The molecule has 1 aliphatic rings. The molecule has 1 heterocycles. The lowest BCUT2D eigenvalue weighted by Crippen LogP contribution is -2.42. The molecule has 1 atom stereocenters. The summed E-state index contributed by atoms with van der Waals surface area (Å²) in [5.41, 5.74) is 5.89. The predicted molar refractivity (Wildman–Crippen MR) is 73.3 cm³/mol. The van der Waals surface area contributed by atoms with Crippen LogP contribution in [0.15, 0.2) is 18.2 Å². The number of hydrogen-bond donors (Lipinski definition) is 2. The molecule has 0 radical (unpaired) electrons. The first-order chi connectivity index (χ1) is 8.88. The molecule has 0 amide bonds. The van der Waals surface area contributed by atoms with Gasteiger partial charge >= 0.3 is 10.2 Å². The Morgan fingerprint density at radius 3 is 2.84 bits per heavy atom. The maximum absolute atomic E-state index is 12.9. The number of nitrogens with two attached hydrogens (primary N) is 1. The normalized spacial score (nSPS) is 21.3. The van der Waals surface area contributed by atoms with Gasteiger partial charge in [-0.15, -0.1) is 0 Å². The third-order valence-corrected chi connectivity index (χ3v) is 4.70. The van der Waals surface area contributed by atoms with E-state index in [2.05, 4.69) is 4.72 Å². The molecule has 1 unspecified atom stereocenters. The van der Waals surface area contributed by atoms with Gasteiger partial charge in [0.2, 0.25) is 0 Å². The second kappa shape index (κ2) is 5.34. The van der Waals surface area contributed by atoms with E-state index in [9.17, 15) is 12.8 Å². The van der Waals surface area contributed by atoms with E-state index in [0.29, 0.717) is 19.0 Å². The van der Waals surface area contributed by atoms with Crippen molar-refractivity contribution in [2.75, 3.05) is 23.5 Å². The quantitative estimate of drug-likeness (QED) is 0.832. The van der Waals surface area contributed by atoms with Gasteiger partial charge in [-0.05, 0) is 37.0 Å². The van der Waals surface area contributed by atoms with Crippen molar-refractivity contribution >= 4 is 21.6 Å². The van der Waals surface area contributed by atoms with Crippen LogP contribution in [-0.4, -0.2) is 25.8 Å². The van der Waals surface area contributed by atoms with Crippen LogP contribution in [0.5, 0.6) is 0 Å². The first kappa shape index (κ1) is 14.1. The van der Waals surface area contributed by atoms with Crippen LogP contribution in [-0.2, 0) is 10.2 Å². The van der Waals surface area contributed by atoms with E-state index in [-0.39, 0.29) is 11.4 Å². The van der Waals surface area contributed by atoms with Gasteiger partial charge in [0.25, 0.3) is 0 Å². The zero-order chi connectivity index (χ0) is 14.0. The van der Waals surface area contributed by atoms with Crippen LogP contribution in [0, 0.1) is 11.7 Å². The second-order valence-corrected chi connectivity index (χ2v) is 6.61. The molecule has 1 fully saturated rings. The number of nitrogens with one attached hydrogen (secondary N) is 1. The molecule has 1 aromatic carbocycles. The predicted octanol–water partition coefficient (Wildman–Crippen LogP) is 1.80. The summed E-state index contributed by atoms with van der Waals surface area (Å²) in [4.78, 5) is 0. The second-order valence-electron chi connectivity index (χ2n) is 4.94. The maximum Gasteiger partial charge on any atom is 0.301 e. The highest BCUT2D eigenvalue weighted by atomic mass is 32.2. The number of benzene rings is 1. The molecule has 0 saturated carbocycles. The van der Waals surface area contributed by atoms with E-state index in [0.717, 1.165) is 18.9 Å². The van der Waals surface area contributed by atoms with Gasteiger partial charge in [0, 0.05) is 13.1 Å². The van der Waals surface area contributed by atoms with Crippen LogP contribution >= 0.6 is 0 Å². The molecule has 106 valence electrons. The van der Waals surface area contributed by atoms with Gasteiger partial charge in [-0.25, -0.2) is 4.39 Å². The highest BCUT2D eigenvalue weighted by Crippen LogP contribution is 2.24. The van der Waals surface area contributed by atoms with Crippen molar-refractivity contribution in [1.82, 2.24) is 4.31 Å². The minimum absolute atomic E-state index is 0.0774. The van der Waals surface area contributed by atoms with Crippen molar-refractivity contribution in [3.05, 3.63) is 24.0 Å². The highest BCUT2D eigenvalue weighted by molar-refractivity contribution is 7.90. The molecular weight excluding hydrogens is 269 g/mol. The monoisotopic (exact) mass is 287 g/mol. The van der Waals surface area contributed by atoms with E-state index in [1.165, 1.54) is 16.4 Å². The fourth-order valence-corrected chi connectivity index (χ4v) is 3.61. The fraction of sp³-hybridized carbons (Fsp3) is 0.500. The van der Waals surface area contributed by atoms with Crippen LogP contribution < -0.4 is 10.5 Å². The molecular formula is C12H18FN3O2S. The molecule has 0 spiro atoms. The number of hydrogen-bond acceptors (Lipinski definition) is 3. The summed E-state index contributed by atoms with van der Waals surface area (Å²) in [5, 5.41) is 0. The zero-order valence-corrected chi connectivity index (χ0v) is 11.6. The lowest BCUT2D eigenvalue weighted by Gasteiger charge is -2.30. The molecule has 5 nitrogen and oxygen atoms in total. The molecule has 3 N–H and O–H groups in total. The van der Waals surface area contributed by atoms with Gasteiger partial charge in [-0.2, -0.15) is 12.7 Å². The number of rotatable bonds is 3. The van der Waals surface area contributed by atoms with Gasteiger partial charge in [0.05, 0.1) is 11.4 Å². The Morgan fingerprint density at radius 2 is 2.21 bits per heavy atom. The molecule has 0 aromatic heterocycles. The van der Waals surface area contributed by atoms with Crippen molar-refractivity contribution in [3.63, 3.8) is 0 Å². The lowest BCUT2D eigenvalue weighted by atomic mass is 10.0. The van der Waals surface area contributed by atoms with Gasteiger partial charge in [0.1, 0.15) is 5.82 Å². The Balaban J connectivity index is 2.16. The fourth-order valence-electron chi connectivity index (χ4n) is 2.19. The smallest absolute Gasteiger partial charge is 0.301 e. The van der Waals surface area contributed by atoms with Crippen LogP contribution in [0.4, 0.5) is 15.8 Å². The number of piperidine rings is 1. The minimum atomic E-state index is -3.62. The van der Waals surface area contributed by atoms with E-state index >= 15 is 0 Å². The molecule has 19 heavy (non-hydrogen) atoms. The summed E-state index contributed by atoms with van der Waals surface area (Å²) in [6, 6.07) is 3.60. The average Bonchev–Trinajstić information content (AvgIpc) is 2.33. The zero-order valence-electron chi connectivity index (χ0n) is 10.8. The van der Waals surface area contributed by atoms with Gasteiger partial charge in [-0.3, -0.25) is 4.72 Å². The average molecular weight is 287 g/mol. The van der Waals surface area contributed by atoms with E-state index in [4.69, 9.17) is 5.73 Å². The van der Waals surface area contributed by atoms with Crippen molar-refractivity contribution in [1.29, 1.82) is 0 Å². The Kier molecular flexibility index (Phi) is 3.96. The third kappa shape index (κ3) is 3.36. The third-order valence-electron chi connectivity index (χ3n) is 3.21. The van der Waals surface area contributed by atoms with Gasteiger partial charge < -0.3 is 5.73 Å². The summed E-state index contributed by atoms with van der Waals surface area (Å²) < 4.78 is 41.1. The van der Waals surface area contributed by atoms with E-state index < -0.39 is 16.0 Å². The van der Waals surface area contributed by atoms with Crippen LogP contribution in [0.2, 0.25) is 0 Å². The first-order valence-corrected chi connectivity index (χ1v) is 7.65. The highest BCUT2D eigenvalue weighted by Gasteiger charge is 2.27. The number of nitrogen functional groups attached to an aromatic ring is 1. The molecule has 0 aliphatic carbocycles. The molecule has 0 bridgehead atoms. The van der Waals surface area contributed by atoms with Gasteiger partial charge in [0.15, 0.2) is 0 Å². The topological polar surface area (TPSA) is 75.4 Å². The SMILES string of the molecule is CC1CCCN(S(=O)(=O)Nc2ccc(F)cc2N)C1. The summed E-state index contributed by atoms with van der Waals surface area (Å²) in [6.45, 7) is 3.02. The van der Waals surface area contributed by atoms with E-state index in [1.807, 2.05) is 6.92 Å². The molecule has 1 aromatic rings. The Bertz CT molecular complexity index is 562. The minimum Gasteiger partial charge on any atom is -0.397 e. The van der Waals surface area contributed by atoms with E-state index in [1.54, 1.807) is 0 Å². The number of nitrogens with zero attached hydrogens (tertiary/aromatic N) is 1. The largest absolute Gasteiger partial charge is 0.397 e. The standard InChI is InChI=1S/C12H18FN3O2S/c1-9-3-2-6-16(8-9)19(17,18)15-12-5-4-10(13)7-11(12)14/h4-5,7,9,15H,2-3,6,8,14H2,1H3. The van der Waals surface area contributed by atoms with Gasteiger partial charge in [-0.1, -0.05) is 6.92 Å². The van der Waals surface area contributed by atoms with Crippen LogP contribution in [0.3, 0.4) is 0 Å². The summed E-state index contributed by atoms with van der Waals surface area (Å²) in [7, 11) is -3.62. The Hall–Kier alpha value is -1.34. The Morgan fingerprint density at radius 1 is 1.47 bits per heavy atom. The van der Waals surface area contributed by atoms with Crippen molar-refractivity contribution in [2.24, 2.45) is 5.92 Å². The molecule has 1 saturated heterocycles. The molecule has 1 aliphatic heterocycles. The summed E-state index contributed by atoms with van der Waals surface area (Å²) in [6.07, 6.45) is 1.88. The summed E-state index contributed by atoms with van der Waals surface area (Å²) in [5.74, 6) is -0.150. The van der Waals surface area contributed by atoms with Crippen LogP contribution in [0.1, 0.15) is 19.8 Å². The number of halogens is 1. The lowest BCUT2D eigenvalue weighted by molar-refractivity contribution is 0.282. The first-order valence-electron chi connectivity index (χ1n) is 6.21. The van der Waals surface area contributed by atoms with Crippen LogP contribution in [0.25, 0.3) is 0 Å². The number of anilines is 2. The Labute approximate surface area is 112 Å². The van der Waals surface area contributed by atoms with Crippen molar-refractivity contribution < 1.29 is 12.8 Å². The maximum atomic E-state index is 12.9. The van der Waals surface area contributed by atoms with Crippen molar-refractivity contribution in [3.8, 4) is 0 Å². The molecule has 7 heteroatoms.